The molecule has 0 fully saturated rings. The Morgan fingerprint density at radius 1 is 0.907 bits per heavy atom. The molecule has 0 saturated heterocycles. The van der Waals surface area contributed by atoms with Gasteiger partial charge >= 0.3 is 5.97 Å². The average molecular weight is 598 g/mol. The number of hydrogen-bond acceptors (Lipinski definition) is 7. The highest BCUT2D eigenvalue weighted by molar-refractivity contribution is 6.31. The minimum atomic E-state index is -0.654. The SMILES string of the molecule is CCOc1cc(C=NNC(=O)c2[nH]c3ccc(OC)cc3c2-c2ccccc2)ccc1OC(=O)c1cc(Cl)ccc1OC. The van der Waals surface area contributed by atoms with Crippen LogP contribution in [0.3, 0.4) is 0 Å². The van der Waals surface area contributed by atoms with E-state index < -0.39 is 11.9 Å². The van der Waals surface area contributed by atoms with E-state index in [9.17, 15) is 9.59 Å². The summed E-state index contributed by atoms with van der Waals surface area (Å²) in [5.74, 6) is 0.463. The highest BCUT2D eigenvalue weighted by Gasteiger charge is 2.20. The molecule has 0 aliphatic carbocycles. The molecule has 1 amide bonds. The number of aromatic nitrogens is 1. The summed E-state index contributed by atoms with van der Waals surface area (Å²) in [5, 5.41) is 5.38. The van der Waals surface area contributed by atoms with Gasteiger partial charge in [-0.05, 0) is 72.6 Å². The van der Waals surface area contributed by atoms with Crippen LogP contribution in [0.25, 0.3) is 22.0 Å². The van der Waals surface area contributed by atoms with E-state index in [4.69, 9.17) is 30.5 Å². The van der Waals surface area contributed by atoms with Crippen molar-refractivity contribution in [2.75, 3.05) is 20.8 Å². The van der Waals surface area contributed by atoms with Gasteiger partial charge in [-0.1, -0.05) is 41.9 Å². The Morgan fingerprint density at radius 2 is 1.70 bits per heavy atom. The third-order valence-electron chi connectivity index (χ3n) is 6.53. The van der Waals surface area contributed by atoms with Crippen molar-refractivity contribution in [1.82, 2.24) is 10.4 Å². The quantitative estimate of drug-likeness (QED) is 0.0785. The topological polar surface area (TPSA) is 111 Å². The van der Waals surface area contributed by atoms with Crippen molar-refractivity contribution in [3.8, 4) is 34.1 Å². The Kier molecular flexibility index (Phi) is 8.93. The van der Waals surface area contributed by atoms with E-state index in [-0.39, 0.29) is 11.3 Å². The Labute approximate surface area is 253 Å². The minimum Gasteiger partial charge on any atom is -0.497 e. The lowest BCUT2D eigenvalue weighted by Gasteiger charge is -2.13. The molecule has 9 nitrogen and oxygen atoms in total. The summed E-state index contributed by atoms with van der Waals surface area (Å²) < 4.78 is 22.0. The molecule has 0 radical (unpaired) electrons. The van der Waals surface area contributed by atoms with E-state index in [2.05, 4.69) is 15.5 Å². The number of ether oxygens (including phenoxy) is 4. The van der Waals surface area contributed by atoms with Gasteiger partial charge in [0.25, 0.3) is 5.91 Å². The molecule has 1 heterocycles. The fourth-order valence-corrected chi connectivity index (χ4v) is 4.72. The van der Waals surface area contributed by atoms with Crippen LogP contribution in [0.2, 0.25) is 5.02 Å². The molecule has 5 rings (SSSR count). The number of benzene rings is 4. The summed E-state index contributed by atoms with van der Waals surface area (Å²) in [6, 6.07) is 24.8. The molecule has 1 aromatic heterocycles. The summed E-state index contributed by atoms with van der Waals surface area (Å²) >= 11 is 6.07. The maximum atomic E-state index is 13.3. The van der Waals surface area contributed by atoms with Gasteiger partial charge in [-0.2, -0.15) is 5.10 Å². The molecule has 10 heteroatoms. The van der Waals surface area contributed by atoms with Crippen LogP contribution < -0.4 is 24.4 Å². The largest absolute Gasteiger partial charge is 0.497 e. The lowest BCUT2D eigenvalue weighted by molar-refractivity contribution is 0.0724. The van der Waals surface area contributed by atoms with Crippen LogP contribution in [-0.4, -0.2) is 43.9 Å². The number of carbonyl (C=O) groups excluding carboxylic acids is 2. The van der Waals surface area contributed by atoms with Gasteiger partial charge in [-0.15, -0.1) is 0 Å². The first-order valence-electron chi connectivity index (χ1n) is 13.3. The van der Waals surface area contributed by atoms with Crippen molar-refractivity contribution in [3.63, 3.8) is 0 Å². The number of H-pyrrole nitrogens is 1. The Bertz CT molecular complexity index is 1820. The van der Waals surface area contributed by atoms with Crippen LogP contribution >= 0.6 is 11.6 Å². The number of hydrogen-bond donors (Lipinski definition) is 2. The molecule has 0 spiro atoms. The summed E-state index contributed by atoms with van der Waals surface area (Å²) in [5.41, 5.74) is 6.14. The number of carbonyl (C=O) groups is 2. The minimum absolute atomic E-state index is 0.177. The van der Waals surface area contributed by atoms with Crippen molar-refractivity contribution < 1.29 is 28.5 Å². The first-order valence-corrected chi connectivity index (χ1v) is 13.7. The zero-order valence-corrected chi connectivity index (χ0v) is 24.4. The number of aromatic amines is 1. The second-order valence-corrected chi connectivity index (χ2v) is 9.66. The standard InChI is InChI=1S/C33H28ClN3O6/c1-4-42-29-16-20(10-14-28(29)43-33(39)25-17-22(34)11-15-27(25)41-3)19-35-37-32(38)31-30(21-8-6-5-7-9-21)24-18-23(40-2)12-13-26(24)36-31/h5-19,36H,4H2,1-3H3,(H,37,38). The van der Waals surface area contributed by atoms with E-state index in [1.54, 1.807) is 37.4 Å². The van der Waals surface area contributed by atoms with E-state index in [0.29, 0.717) is 40.1 Å². The van der Waals surface area contributed by atoms with Crippen molar-refractivity contribution in [1.29, 1.82) is 0 Å². The molecule has 0 unspecified atom stereocenters. The number of amides is 1. The lowest BCUT2D eigenvalue weighted by atomic mass is 10.0. The zero-order valence-electron chi connectivity index (χ0n) is 23.6. The highest BCUT2D eigenvalue weighted by Crippen LogP contribution is 2.35. The van der Waals surface area contributed by atoms with Gasteiger partial charge in [0.05, 0.1) is 27.0 Å². The zero-order chi connectivity index (χ0) is 30.3. The van der Waals surface area contributed by atoms with E-state index in [0.717, 1.165) is 22.0 Å². The molecule has 0 aliphatic heterocycles. The fraction of sp³-hybridized carbons (Fsp3) is 0.121. The van der Waals surface area contributed by atoms with Gasteiger partial charge in [0.1, 0.15) is 22.8 Å². The third kappa shape index (κ3) is 6.47. The van der Waals surface area contributed by atoms with Crippen LogP contribution in [0.15, 0.2) is 90.0 Å². The van der Waals surface area contributed by atoms with Gasteiger partial charge in [0.2, 0.25) is 0 Å². The molecular formula is C33H28ClN3O6. The number of nitrogens with zero attached hydrogens (tertiary/aromatic N) is 1. The van der Waals surface area contributed by atoms with Gasteiger partial charge in [0.15, 0.2) is 11.5 Å². The summed E-state index contributed by atoms with van der Waals surface area (Å²) in [4.78, 5) is 29.4. The molecule has 4 aromatic carbocycles. The number of halogens is 1. The molecule has 43 heavy (non-hydrogen) atoms. The first-order chi connectivity index (χ1) is 20.9. The highest BCUT2D eigenvalue weighted by atomic mass is 35.5. The number of hydrazone groups is 1. The van der Waals surface area contributed by atoms with Crippen LogP contribution in [0, 0.1) is 0 Å². The monoisotopic (exact) mass is 597 g/mol. The lowest BCUT2D eigenvalue weighted by Crippen LogP contribution is -2.18. The van der Waals surface area contributed by atoms with Gasteiger partial charge in [-0.25, -0.2) is 10.2 Å². The Balaban J connectivity index is 1.37. The van der Waals surface area contributed by atoms with E-state index in [1.807, 2.05) is 55.5 Å². The number of nitrogens with one attached hydrogen (secondary N) is 2. The number of esters is 1. The summed E-state index contributed by atoms with van der Waals surface area (Å²) in [7, 11) is 3.05. The number of methoxy groups -OCH3 is 2. The molecule has 0 aliphatic rings. The van der Waals surface area contributed by atoms with Crippen LogP contribution in [-0.2, 0) is 0 Å². The molecule has 0 atom stereocenters. The van der Waals surface area contributed by atoms with E-state index >= 15 is 0 Å². The number of fused-ring (bicyclic) bond motifs is 1. The van der Waals surface area contributed by atoms with Crippen LogP contribution in [0.4, 0.5) is 0 Å². The molecule has 218 valence electrons. The van der Waals surface area contributed by atoms with Gasteiger partial charge in [-0.3, -0.25) is 4.79 Å². The molecule has 0 saturated carbocycles. The van der Waals surface area contributed by atoms with E-state index in [1.165, 1.54) is 19.4 Å². The first kappa shape index (κ1) is 29.2. The van der Waals surface area contributed by atoms with Crippen LogP contribution in [0.5, 0.6) is 23.0 Å². The van der Waals surface area contributed by atoms with Crippen molar-refractivity contribution in [2.24, 2.45) is 5.10 Å². The Morgan fingerprint density at radius 3 is 2.44 bits per heavy atom. The second-order valence-electron chi connectivity index (χ2n) is 9.22. The molecule has 2 N–H and O–H groups in total. The smallest absolute Gasteiger partial charge is 0.347 e. The summed E-state index contributed by atoms with van der Waals surface area (Å²) in [6.07, 6.45) is 1.47. The fourth-order valence-electron chi connectivity index (χ4n) is 4.55. The Hall–Kier alpha value is -5.28. The maximum absolute atomic E-state index is 13.3. The maximum Gasteiger partial charge on any atom is 0.347 e. The predicted molar refractivity (Wildman–Crippen MR) is 166 cm³/mol. The van der Waals surface area contributed by atoms with Crippen molar-refractivity contribution >= 4 is 40.6 Å². The molecular weight excluding hydrogens is 570 g/mol. The van der Waals surface area contributed by atoms with Crippen molar-refractivity contribution in [3.05, 3.63) is 107 Å². The third-order valence-corrected chi connectivity index (χ3v) is 6.76. The normalized spacial score (nSPS) is 11.0. The summed E-state index contributed by atoms with van der Waals surface area (Å²) in [6.45, 7) is 2.14. The average Bonchev–Trinajstić information content (AvgIpc) is 3.41. The van der Waals surface area contributed by atoms with Crippen molar-refractivity contribution in [2.45, 2.75) is 6.92 Å². The second kappa shape index (κ2) is 13.1. The van der Waals surface area contributed by atoms with Gasteiger partial charge in [0, 0.05) is 21.5 Å². The van der Waals surface area contributed by atoms with Gasteiger partial charge < -0.3 is 23.9 Å². The molecule has 5 aromatic rings. The predicted octanol–water partition coefficient (Wildman–Crippen LogP) is 6.89. The van der Waals surface area contributed by atoms with Crippen LogP contribution in [0.1, 0.15) is 33.3 Å². The molecule has 0 bridgehead atoms. The number of rotatable bonds is 10.